The molecule has 3 rings (SSSR count). The molecule has 1 N–H and O–H groups in total. The molecule has 0 spiro atoms. The summed E-state index contributed by atoms with van der Waals surface area (Å²) >= 11 is 6.14. The number of carbonyl (C=O) groups is 2. The first kappa shape index (κ1) is 29.9. The smallest absolute Gasteiger partial charge is 0.264 e. The van der Waals surface area contributed by atoms with E-state index in [2.05, 4.69) is 5.32 Å². The lowest BCUT2D eigenvalue weighted by Gasteiger charge is -2.32. The summed E-state index contributed by atoms with van der Waals surface area (Å²) in [7, 11) is -2.82. The van der Waals surface area contributed by atoms with Gasteiger partial charge in [0.25, 0.3) is 10.0 Å². The molecule has 0 unspecified atom stereocenters. The maximum atomic E-state index is 13.8. The lowest BCUT2D eigenvalue weighted by molar-refractivity contribution is -0.139. The third-order valence-corrected chi connectivity index (χ3v) is 7.90. The van der Waals surface area contributed by atoms with Gasteiger partial charge in [-0.1, -0.05) is 23.7 Å². The van der Waals surface area contributed by atoms with Gasteiger partial charge in [0.2, 0.25) is 11.8 Å². The highest BCUT2D eigenvalue weighted by Crippen LogP contribution is 2.26. The number of hydrogen-bond acceptors (Lipinski definition) is 5. The summed E-state index contributed by atoms with van der Waals surface area (Å²) in [6, 6.07) is 16.2. The van der Waals surface area contributed by atoms with E-state index in [0.717, 1.165) is 16.4 Å². The van der Waals surface area contributed by atoms with Gasteiger partial charge >= 0.3 is 0 Å². The lowest BCUT2D eigenvalue weighted by Crippen LogP contribution is -2.52. The largest absolute Gasteiger partial charge is 0.497 e. The van der Waals surface area contributed by atoms with Crippen LogP contribution in [-0.4, -0.2) is 50.9 Å². The molecule has 0 aliphatic rings. The quantitative estimate of drug-likeness (QED) is 0.360. The standard InChI is InChI=1S/C28H31ClFN3O5S/c1-19(2)31-28(35)20(3)32(17-21-6-5-7-22(29)16-21)27(34)18-33(24-10-8-23(30)9-11-24)39(36,37)26-14-12-25(38-4)13-15-26/h5-16,19-20H,17-18H2,1-4H3,(H,31,35)/t20-/m0/s1. The normalized spacial score (nSPS) is 12.1. The van der Waals surface area contributed by atoms with Crippen LogP contribution in [0.3, 0.4) is 0 Å². The summed E-state index contributed by atoms with van der Waals surface area (Å²) in [6.07, 6.45) is 0. The number of benzene rings is 3. The van der Waals surface area contributed by atoms with Gasteiger partial charge in [-0.15, -0.1) is 0 Å². The molecule has 1 atom stereocenters. The molecule has 0 saturated heterocycles. The molecule has 0 bridgehead atoms. The summed E-state index contributed by atoms with van der Waals surface area (Å²) in [4.78, 5) is 27.9. The number of sulfonamides is 1. The van der Waals surface area contributed by atoms with Crippen LogP contribution in [0.25, 0.3) is 0 Å². The first-order valence-corrected chi connectivity index (χ1v) is 14.0. The minimum Gasteiger partial charge on any atom is -0.497 e. The highest BCUT2D eigenvalue weighted by atomic mass is 35.5. The van der Waals surface area contributed by atoms with Crippen LogP contribution in [0.1, 0.15) is 26.3 Å². The number of hydrogen-bond donors (Lipinski definition) is 1. The van der Waals surface area contributed by atoms with Crippen molar-refractivity contribution in [2.45, 2.75) is 44.3 Å². The van der Waals surface area contributed by atoms with Crippen LogP contribution in [-0.2, 0) is 26.2 Å². The zero-order valence-corrected chi connectivity index (χ0v) is 23.7. The van der Waals surface area contributed by atoms with E-state index < -0.39 is 40.2 Å². The van der Waals surface area contributed by atoms with Crippen LogP contribution in [0, 0.1) is 5.82 Å². The summed E-state index contributed by atoms with van der Waals surface area (Å²) in [5, 5.41) is 3.24. The molecular formula is C28H31ClFN3O5S. The van der Waals surface area contributed by atoms with Crippen LogP contribution in [0.15, 0.2) is 77.7 Å². The minimum absolute atomic E-state index is 0.00587. The number of carbonyl (C=O) groups excluding carboxylic acids is 2. The van der Waals surface area contributed by atoms with E-state index in [9.17, 15) is 22.4 Å². The summed E-state index contributed by atoms with van der Waals surface area (Å²) < 4.78 is 47.2. The monoisotopic (exact) mass is 575 g/mol. The molecule has 39 heavy (non-hydrogen) atoms. The lowest BCUT2D eigenvalue weighted by atomic mass is 10.1. The molecule has 0 heterocycles. The Bertz CT molecular complexity index is 1400. The van der Waals surface area contributed by atoms with E-state index in [4.69, 9.17) is 16.3 Å². The van der Waals surface area contributed by atoms with Gasteiger partial charge in [-0.3, -0.25) is 13.9 Å². The van der Waals surface area contributed by atoms with Crippen molar-refractivity contribution in [3.63, 3.8) is 0 Å². The van der Waals surface area contributed by atoms with E-state index in [1.165, 1.54) is 48.4 Å². The fourth-order valence-corrected chi connectivity index (χ4v) is 5.46. The fourth-order valence-electron chi connectivity index (χ4n) is 3.83. The average Bonchev–Trinajstić information content (AvgIpc) is 2.90. The zero-order chi connectivity index (χ0) is 28.7. The molecule has 2 amide bonds. The van der Waals surface area contributed by atoms with Gasteiger partial charge in [0.05, 0.1) is 17.7 Å². The number of ether oxygens (including phenoxy) is 1. The maximum absolute atomic E-state index is 13.8. The van der Waals surface area contributed by atoms with Gasteiger partial charge in [-0.05, 0) is 87.0 Å². The van der Waals surface area contributed by atoms with E-state index in [0.29, 0.717) is 16.3 Å². The highest BCUT2D eigenvalue weighted by molar-refractivity contribution is 7.92. The Labute approximate surface area is 233 Å². The predicted octanol–water partition coefficient (Wildman–Crippen LogP) is 4.62. The molecule has 8 nitrogen and oxygen atoms in total. The minimum atomic E-state index is -4.28. The van der Waals surface area contributed by atoms with E-state index in [1.54, 1.807) is 45.0 Å². The molecule has 208 valence electrons. The Hall–Kier alpha value is -3.63. The number of methoxy groups -OCH3 is 1. The number of nitrogens with zero attached hydrogens (tertiary/aromatic N) is 2. The van der Waals surface area contributed by atoms with Crippen molar-refractivity contribution in [1.29, 1.82) is 0 Å². The van der Waals surface area contributed by atoms with Crippen LogP contribution in [0.4, 0.5) is 10.1 Å². The van der Waals surface area contributed by atoms with Crippen LogP contribution in [0.2, 0.25) is 5.02 Å². The summed E-state index contributed by atoms with van der Waals surface area (Å²) in [6.45, 7) is 4.53. The number of halogens is 2. The van der Waals surface area contributed by atoms with Crippen molar-refractivity contribution < 1.29 is 27.1 Å². The van der Waals surface area contributed by atoms with Gasteiger partial charge < -0.3 is 15.0 Å². The fraction of sp³-hybridized carbons (Fsp3) is 0.286. The third-order valence-electron chi connectivity index (χ3n) is 5.88. The molecule has 0 aromatic heterocycles. The Kier molecular flexibility index (Phi) is 9.93. The molecule has 0 aliphatic carbocycles. The number of rotatable bonds is 11. The molecule has 11 heteroatoms. The Morgan fingerprint density at radius 3 is 2.21 bits per heavy atom. The number of anilines is 1. The molecule has 0 saturated carbocycles. The molecular weight excluding hydrogens is 545 g/mol. The molecule has 0 fully saturated rings. The van der Waals surface area contributed by atoms with Crippen molar-refractivity contribution in [1.82, 2.24) is 10.2 Å². The van der Waals surface area contributed by atoms with Gasteiger partial charge in [-0.25, -0.2) is 12.8 Å². The van der Waals surface area contributed by atoms with E-state index in [1.807, 2.05) is 0 Å². The Morgan fingerprint density at radius 1 is 1.00 bits per heavy atom. The van der Waals surface area contributed by atoms with Crippen LogP contribution in [0.5, 0.6) is 5.75 Å². The van der Waals surface area contributed by atoms with Crippen LogP contribution < -0.4 is 14.4 Å². The molecule has 0 aliphatic heterocycles. The van der Waals surface area contributed by atoms with Crippen molar-refractivity contribution in [2.75, 3.05) is 18.0 Å². The molecule has 3 aromatic carbocycles. The van der Waals surface area contributed by atoms with Gasteiger partial charge in [-0.2, -0.15) is 0 Å². The van der Waals surface area contributed by atoms with Crippen molar-refractivity contribution >= 4 is 39.1 Å². The number of nitrogens with one attached hydrogen (secondary N) is 1. The number of amides is 2. The van der Waals surface area contributed by atoms with E-state index >= 15 is 0 Å². The first-order chi connectivity index (χ1) is 18.4. The average molecular weight is 576 g/mol. The van der Waals surface area contributed by atoms with Gasteiger partial charge in [0.15, 0.2) is 0 Å². The second kappa shape index (κ2) is 12.9. The molecule has 0 radical (unpaired) electrons. The topological polar surface area (TPSA) is 96.0 Å². The van der Waals surface area contributed by atoms with Crippen LogP contribution >= 0.6 is 11.6 Å². The van der Waals surface area contributed by atoms with E-state index in [-0.39, 0.29) is 23.2 Å². The SMILES string of the molecule is COc1ccc(S(=O)(=O)N(CC(=O)N(Cc2cccc(Cl)c2)[C@@H](C)C(=O)NC(C)C)c2ccc(F)cc2)cc1. The highest BCUT2D eigenvalue weighted by Gasteiger charge is 2.32. The van der Waals surface area contributed by atoms with Gasteiger partial charge in [0.1, 0.15) is 24.2 Å². The Morgan fingerprint density at radius 2 is 1.64 bits per heavy atom. The zero-order valence-electron chi connectivity index (χ0n) is 22.1. The molecule has 3 aromatic rings. The predicted molar refractivity (Wildman–Crippen MR) is 149 cm³/mol. The second-order valence-electron chi connectivity index (χ2n) is 9.15. The van der Waals surface area contributed by atoms with Crippen molar-refractivity contribution in [3.8, 4) is 5.75 Å². The van der Waals surface area contributed by atoms with Crippen molar-refractivity contribution in [2.24, 2.45) is 0 Å². The second-order valence-corrected chi connectivity index (χ2v) is 11.5. The van der Waals surface area contributed by atoms with Crippen molar-refractivity contribution in [3.05, 3.63) is 89.2 Å². The summed E-state index contributed by atoms with van der Waals surface area (Å²) in [5.74, 6) is -1.14. The Balaban J connectivity index is 2.03. The summed E-state index contributed by atoms with van der Waals surface area (Å²) in [5.41, 5.74) is 0.744. The first-order valence-electron chi connectivity index (χ1n) is 12.2. The third kappa shape index (κ3) is 7.70. The van der Waals surface area contributed by atoms with Gasteiger partial charge in [0, 0.05) is 17.6 Å². The maximum Gasteiger partial charge on any atom is 0.264 e.